The fourth-order valence-corrected chi connectivity index (χ4v) is 2.38. The highest BCUT2D eigenvalue weighted by molar-refractivity contribution is 5.94. The summed E-state index contributed by atoms with van der Waals surface area (Å²) in [4.78, 5) is 59.6. The van der Waals surface area contributed by atoms with E-state index >= 15 is 0 Å². The van der Waals surface area contributed by atoms with Gasteiger partial charge >= 0.3 is 5.97 Å². The second-order valence-corrected chi connectivity index (χ2v) is 8.07. The maximum absolute atomic E-state index is 12.3. The Morgan fingerprint density at radius 3 is 1.71 bits per heavy atom. The van der Waals surface area contributed by atoms with Gasteiger partial charge in [0.2, 0.25) is 23.6 Å². The van der Waals surface area contributed by atoms with Crippen molar-refractivity contribution >= 4 is 29.6 Å². The second kappa shape index (κ2) is 12.8. The molecule has 0 bridgehead atoms. The molecule has 0 aromatic heterocycles. The molecule has 178 valence electrons. The summed E-state index contributed by atoms with van der Waals surface area (Å²) in [5.41, 5.74) is 5.72. The van der Waals surface area contributed by atoms with Gasteiger partial charge in [-0.1, -0.05) is 27.7 Å². The molecule has 0 fully saturated rings. The molecule has 31 heavy (non-hydrogen) atoms. The van der Waals surface area contributed by atoms with Crippen LogP contribution in [0.5, 0.6) is 0 Å². The first-order valence-corrected chi connectivity index (χ1v) is 10.0. The predicted octanol–water partition coefficient (Wildman–Crippen LogP) is -2.32. The molecule has 12 nitrogen and oxygen atoms in total. The van der Waals surface area contributed by atoms with E-state index in [2.05, 4.69) is 21.3 Å². The van der Waals surface area contributed by atoms with Crippen LogP contribution in [-0.4, -0.2) is 76.6 Å². The molecule has 0 heterocycles. The summed E-state index contributed by atoms with van der Waals surface area (Å²) in [5, 5.41) is 28.2. The Morgan fingerprint density at radius 2 is 1.29 bits per heavy atom. The zero-order chi connectivity index (χ0) is 24.5. The minimum absolute atomic E-state index is 0.187. The number of aliphatic hydroxyl groups excluding tert-OH is 1. The first-order valence-electron chi connectivity index (χ1n) is 10.0. The van der Waals surface area contributed by atoms with Crippen molar-refractivity contribution in [2.45, 2.75) is 71.8 Å². The molecule has 0 unspecified atom stereocenters. The third-order valence-electron chi connectivity index (χ3n) is 4.51. The van der Waals surface area contributed by atoms with E-state index in [-0.39, 0.29) is 11.8 Å². The number of carboxylic acids is 1. The van der Waals surface area contributed by atoms with E-state index in [0.29, 0.717) is 0 Å². The quantitative estimate of drug-likeness (QED) is 0.173. The van der Waals surface area contributed by atoms with E-state index in [1.807, 2.05) is 0 Å². The molecule has 0 spiro atoms. The van der Waals surface area contributed by atoms with Crippen LogP contribution in [0.1, 0.15) is 41.5 Å². The van der Waals surface area contributed by atoms with Gasteiger partial charge < -0.3 is 37.2 Å². The average molecular weight is 446 g/mol. The Labute approximate surface area is 181 Å². The number of carbonyl (C=O) groups is 5. The molecule has 0 aromatic rings. The number of hydrogen-bond donors (Lipinski definition) is 7. The molecule has 0 aromatic carbocycles. The number of hydrogen-bond acceptors (Lipinski definition) is 7. The lowest BCUT2D eigenvalue weighted by Gasteiger charge is -2.24. The van der Waals surface area contributed by atoms with Crippen molar-refractivity contribution in [3.05, 3.63) is 0 Å². The van der Waals surface area contributed by atoms with Crippen LogP contribution >= 0.6 is 0 Å². The Balaban J connectivity index is 4.77. The highest BCUT2D eigenvalue weighted by atomic mass is 16.4. The van der Waals surface area contributed by atoms with Crippen molar-refractivity contribution in [1.82, 2.24) is 21.3 Å². The molecule has 0 aliphatic rings. The molecule has 0 saturated carbocycles. The van der Waals surface area contributed by atoms with Crippen molar-refractivity contribution in [1.29, 1.82) is 0 Å². The Morgan fingerprint density at radius 1 is 0.774 bits per heavy atom. The van der Waals surface area contributed by atoms with E-state index in [0.717, 1.165) is 0 Å². The van der Waals surface area contributed by atoms with E-state index < -0.39 is 66.4 Å². The third-order valence-corrected chi connectivity index (χ3v) is 4.51. The molecule has 8 N–H and O–H groups in total. The van der Waals surface area contributed by atoms with Crippen LogP contribution in [-0.2, 0) is 24.0 Å². The fourth-order valence-electron chi connectivity index (χ4n) is 2.38. The van der Waals surface area contributed by atoms with E-state index in [9.17, 15) is 29.1 Å². The lowest BCUT2D eigenvalue weighted by atomic mass is 10.0. The van der Waals surface area contributed by atoms with Gasteiger partial charge in [0.25, 0.3) is 0 Å². The highest BCUT2D eigenvalue weighted by Gasteiger charge is 2.29. The van der Waals surface area contributed by atoms with E-state index in [1.165, 1.54) is 13.8 Å². The molecule has 0 rings (SSSR count). The van der Waals surface area contributed by atoms with Gasteiger partial charge in [-0.2, -0.15) is 0 Å². The van der Waals surface area contributed by atoms with Gasteiger partial charge in [-0.25, -0.2) is 4.79 Å². The van der Waals surface area contributed by atoms with Crippen LogP contribution in [0.3, 0.4) is 0 Å². The molecule has 0 radical (unpaired) electrons. The zero-order valence-electron chi connectivity index (χ0n) is 18.8. The minimum Gasteiger partial charge on any atom is -0.480 e. The predicted molar refractivity (Wildman–Crippen MR) is 111 cm³/mol. The smallest absolute Gasteiger partial charge is 0.326 e. The molecule has 0 saturated heterocycles. The standard InChI is InChI=1S/C19H35N5O7/c1-8(2)13(20)17(28)24-15(11(6)25)18(29)21-7-12(26)22-10(5)16(27)23-14(9(3)4)19(30)31/h8-11,13-15,25H,7,20H2,1-6H3,(H,21,29)(H,22,26)(H,23,27)(H,24,28)(H,30,31)/t10-,11+,13-,14-,15-/m0/s1. The van der Waals surface area contributed by atoms with Crippen molar-refractivity contribution in [3.8, 4) is 0 Å². The number of amides is 4. The fraction of sp³-hybridized carbons (Fsp3) is 0.737. The molecule has 12 heteroatoms. The maximum Gasteiger partial charge on any atom is 0.326 e. The summed E-state index contributed by atoms with van der Waals surface area (Å²) in [6.07, 6.45) is -1.25. The molecule has 0 aliphatic heterocycles. The van der Waals surface area contributed by atoms with Crippen LogP contribution in [0, 0.1) is 11.8 Å². The number of carboxylic acid groups (broad SMARTS) is 1. The van der Waals surface area contributed by atoms with Crippen molar-refractivity contribution in [2.24, 2.45) is 17.6 Å². The maximum atomic E-state index is 12.3. The summed E-state index contributed by atoms with van der Waals surface area (Å²) < 4.78 is 0. The van der Waals surface area contributed by atoms with Gasteiger partial charge in [-0.3, -0.25) is 19.2 Å². The van der Waals surface area contributed by atoms with Gasteiger partial charge in [-0.15, -0.1) is 0 Å². The summed E-state index contributed by atoms with van der Waals surface area (Å²) in [5.74, 6) is -4.59. The van der Waals surface area contributed by atoms with Gasteiger partial charge in [0.05, 0.1) is 18.7 Å². The number of carbonyl (C=O) groups excluding carboxylic acids is 4. The highest BCUT2D eigenvalue weighted by Crippen LogP contribution is 2.03. The number of nitrogens with one attached hydrogen (secondary N) is 4. The lowest BCUT2D eigenvalue weighted by Crippen LogP contribution is -2.58. The summed E-state index contributed by atoms with van der Waals surface area (Å²) in [7, 11) is 0. The zero-order valence-corrected chi connectivity index (χ0v) is 18.8. The van der Waals surface area contributed by atoms with E-state index in [4.69, 9.17) is 10.8 Å². The van der Waals surface area contributed by atoms with Crippen LogP contribution in [0.4, 0.5) is 0 Å². The third kappa shape index (κ3) is 9.75. The summed E-state index contributed by atoms with van der Waals surface area (Å²) in [6.45, 7) is 8.84. The lowest BCUT2D eigenvalue weighted by molar-refractivity contribution is -0.143. The van der Waals surface area contributed by atoms with E-state index in [1.54, 1.807) is 27.7 Å². The first-order chi connectivity index (χ1) is 14.2. The van der Waals surface area contributed by atoms with Gasteiger partial charge in [0.1, 0.15) is 18.1 Å². The number of aliphatic carboxylic acids is 1. The van der Waals surface area contributed by atoms with Crippen LogP contribution in [0.2, 0.25) is 0 Å². The molecule has 0 aliphatic carbocycles. The number of nitrogens with two attached hydrogens (primary N) is 1. The Bertz CT molecular complexity index is 666. The van der Waals surface area contributed by atoms with Crippen molar-refractivity contribution in [3.63, 3.8) is 0 Å². The van der Waals surface area contributed by atoms with Crippen LogP contribution < -0.4 is 27.0 Å². The number of rotatable bonds is 12. The van der Waals surface area contributed by atoms with Crippen LogP contribution in [0.25, 0.3) is 0 Å². The molecular weight excluding hydrogens is 410 g/mol. The average Bonchev–Trinajstić information content (AvgIpc) is 2.66. The second-order valence-electron chi connectivity index (χ2n) is 8.07. The Kier molecular flexibility index (Phi) is 11.7. The van der Waals surface area contributed by atoms with Gasteiger partial charge in [0.15, 0.2) is 0 Å². The van der Waals surface area contributed by atoms with Gasteiger partial charge in [-0.05, 0) is 25.7 Å². The molecule has 5 atom stereocenters. The minimum atomic E-state index is -1.33. The Hall–Kier alpha value is -2.73. The topological polar surface area (TPSA) is 200 Å². The summed E-state index contributed by atoms with van der Waals surface area (Å²) in [6, 6.07) is -4.37. The molecular formula is C19H35N5O7. The van der Waals surface area contributed by atoms with Crippen LogP contribution in [0.15, 0.2) is 0 Å². The normalized spacial score (nSPS) is 15.9. The van der Waals surface area contributed by atoms with Crippen molar-refractivity contribution < 1.29 is 34.2 Å². The number of aliphatic hydroxyl groups is 1. The monoisotopic (exact) mass is 445 g/mol. The summed E-state index contributed by atoms with van der Waals surface area (Å²) >= 11 is 0. The first kappa shape index (κ1) is 28.3. The van der Waals surface area contributed by atoms with Crippen molar-refractivity contribution in [2.75, 3.05) is 6.54 Å². The SMILES string of the molecule is CC(C)[C@H](N)C(=O)N[C@H](C(=O)NCC(=O)N[C@@H](C)C(=O)N[C@H](C(=O)O)C(C)C)[C@@H](C)O. The molecule has 4 amide bonds. The largest absolute Gasteiger partial charge is 0.480 e. The van der Waals surface area contributed by atoms with Gasteiger partial charge in [0, 0.05) is 0 Å².